The number of hydrogen-bond donors (Lipinski definition) is 1. The zero-order valence-electron chi connectivity index (χ0n) is 9.83. The van der Waals surface area contributed by atoms with Gasteiger partial charge in [-0.3, -0.25) is 9.53 Å². The summed E-state index contributed by atoms with van der Waals surface area (Å²) < 4.78 is 40.1. The average molecular weight is 254 g/mol. The van der Waals surface area contributed by atoms with Gasteiger partial charge in [-0.15, -0.1) is 13.2 Å². The Morgan fingerprint density at radius 2 is 2.12 bits per heavy atom. The molecule has 7 heteroatoms. The van der Waals surface area contributed by atoms with E-state index in [2.05, 4.69) is 4.74 Å². The topological polar surface area (TPSA) is 55.6 Å². The second-order valence-corrected chi connectivity index (χ2v) is 4.38. The van der Waals surface area contributed by atoms with Gasteiger partial charge in [-0.25, -0.2) is 0 Å². The van der Waals surface area contributed by atoms with Crippen molar-refractivity contribution in [1.29, 1.82) is 0 Å². The molecule has 0 unspecified atom stereocenters. The molecule has 1 aliphatic rings. The first kappa shape index (κ1) is 14.2. The SMILES string of the molecule is C[C@@H]1C[C@H](OC(F)(F)F)CCN1C(=O)[C@@H](C)N. The maximum absolute atomic E-state index is 12.0. The van der Waals surface area contributed by atoms with Crippen LogP contribution in [0.25, 0.3) is 0 Å². The van der Waals surface area contributed by atoms with E-state index in [1.807, 2.05) is 0 Å². The minimum absolute atomic E-state index is 0.179. The molecule has 0 radical (unpaired) electrons. The van der Waals surface area contributed by atoms with Gasteiger partial charge in [0.15, 0.2) is 0 Å². The zero-order chi connectivity index (χ0) is 13.2. The average Bonchev–Trinajstić information content (AvgIpc) is 2.14. The number of nitrogens with two attached hydrogens (primary N) is 1. The first-order valence-corrected chi connectivity index (χ1v) is 5.51. The molecule has 1 heterocycles. The quantitative estimate of drug-likeness (QED) is 0.807. The van der Waals surface area contributed by atoms with Crippen LogP contribution in [0.15, 0.2) is 0 Å². The van der Waals surface area contributed by atoms with Gasteiger partial charge in [0.05, 0.1) is 12.1 Å². The van der Waals surface area contributed by atoms with Gasteiger partial charge in [-0.1, -0.05) is 0 Å². The third-order valence-electron chi connectivity index (χ3n) is 2.80. The summed E-state index contributed by atoms with van der Waals surface area (Å²) in [5.74, 6) is -0.233. The molecule has 1 rings (SSSR count). The van der Waals surface area contributed by atoms with Crippen molar-refractivity contribution in [2.24, 2.45) is 5.73 Å². The summed E-state index contributed by atoms with van der Waals surface area (Å²) in [4.78, 5) is 13.2. The number of likely N-dealkylation sites (tertiary alicyclic amines) is 1. The zero-order valence-corrected chi connectivity index (χ0v) is 9.83. The molecule has 1 fully saturated rings. The Bertz CT molecular complexity index is 281. The number of amides is 1. The lowest BCUT2D eigenvalue weighted by Crippen LogP contribution is -2.52. The fourth-order valence-electron chi connectivity index (χ4n) is 2.01. The summed E-state index contributed by atoms with van der Waals surface area (Å²) in [6.45, 7) is 3.52. The van der Waals surface area contributed by atoms with Crippen molar-refractivity contribution in [2.45, 2.75) is 51.2 Å². The van der Waals surface area contributed by atoms with E-state index in [9.17, 15) is 18.0 Å². The minimum atomic E-state index is -4.61. The second kappa shape index (κ2) is 5.22. The summed E-state index contributed by atoms with van der Waals surface area (Å²) >= 11 is 0. The van der Waals surface area contributed by atoms with E-state index < -0.39 is 18.5 Å². The molecule has 0 saturated carbocycles. The summed E-state index contributed by atoms with van der Waals surface area (Å²) in [6.07, 6.45) is -5.13. The highest BCUT2D eigenvalue weighted by atomic mass is 19.4. The van der Waals surface area contributed by atoms with Crippen LogP contribution < -0.4 is 5.73 Å². The van der Waals surface area contributed by atoms with Gasteiger partial charge in [0.2, 0.25) is 5.91 Å². The van der Waals surface area contributed by atoms with Gasteiger partial charge in [0.25, 0.3) is 0 Å². The molecule has 0 spiro atoms. The lowest BCUT2D eigenvalue weighted by atomic mass is 10.00. The molecule has 100 valence electrons. The number of alkyl halides is 3. The maximum atomic E-state index is 12.0. The first-order valence-electron chi connectivity index (χ1n) is 5.51. The highest BCUT2D eigenvalue weighted by Crippen LogP contribution is 2.27. The summed E-state index contributed by atoms with van der Waals surface area (Å²) in [6, 6.07) is -0.910. The van der Waals surface area contributed by atoms with E-state index in [0.717, 1.165) is 0 Å². The summed E-state index contributed by atoms with van der Waals surface area (Å²) in [5, 5.41) is 0. The van der Waals surface area contributed by atoms with Crippen molar-refractivity contribution >= 4 is 5.91 Å². The fraction of sp³-hybridized carbons (Fsp3) is 0.900. The van der Waals surface area contributed by atoms with E-state index in [1.54, 1.807) is 13.8 Å². The molecule has 1 aliphatic heterocycles. The van der Waals surface area contributed by atoms with Crippen LogP contribution in [-0.4, -0.2) is 41.9 Å². The van der Waals surface area contributed by atoms with Crippen LogP contribution >= 0.6 is 0 Å². The monoisotopic (exact) mass is 254 g/mol. The molecule has 0 aromatic rings. The van der Waals surface area contributed by atoms with Crippen molar-refractivity contribution in [3.05, 3.63) is 0 Å². The number of halogens is 3. The first-order chi connectivity index (χ1) is 7.70. The van der Waals surface area contributed by atoms with Crippen LogP contribution in [0.1, 0.15) is 26.7 Å². The Morgan fingerprint density at radius 1 is 1.53 bits per heavy atom. The number of carbonyl (C=O) groups excluding carboxylic acids is 1. The van der Waals surface area contributed by atoms with Crippen molar-refractivity contribution in [3.8, 4) is 0 Å². The van der Waals surface area contributed by atoms with Crippen molar-refractivity contribution in [2.75, 3.05) is 6.54 Å². The highest BCUT2D eigenvalue weighted by Gasteiger charge is 2.38. The molecular formula is C10H17F3N2O2. The van der Waals surface area contributed by atoms with E-state index in [-0.39, 0.29) is 31.3 Å². The third-order valence-corrected chi connectivity index (χ3v) is 2.80. The van der Waals surface area contributed by atoms with Crippen molar-refractivity contribution < 1.29 is 22.7 Å². The predicted octanol–water partition coefficient (Wildman–Crippen LogP) is 1.25. The Balaban J connectivity index is 2.53. The molecule has 1 saturated heterocycles. The number of nitrogens with zero attached hydrogens (tertiary/aromatic N) is 1. The lowest BCUT2D eigenvalue weighted by molar-refractivity contribution is -0.346. The predicted molar refractivity (Wildman–Crippen MR) is 55.0 cm³/mol. The summed E-state index contributed by atoms with van der Waals surface area (Å²) in [7, 11) is 0. The molecule has 1 amide bonds. The minimum Gasteiger partial charge on any atom is -0.338 e. The molecule has 2 N–H and O–H groups in total. The molecule has 0 bridgehead atoms. The van der Waals surface area contributed by atoms with E-state index in [4.69, 9.17) is 5.73 Å². The normalized spacial score (nSPS) is 28.0. The largest absolute Gasteiger partial charge is 0.522 e. The smallest absolute Gasteiger partial charge is 0.338 e. The third kappa shape index (κ3) is 4.16. The summed E-state index contributed by atoms with van der Waals surface area (Å²) in [5.41, 5.74) is 5.46. The van der Waals surface area contributed by atoms with Crippen LogP contribution in [0.4, 0.5) is 13.2 Å². The van der Waals surface area contributed by atoms with Gasteiger partial charge in [-0.2, -0.15) is 0 Å². The lowest BCUT2D eigenvalue weighted by Gasteiger charge is -2.38. The molecule has 0 aromatic carbocycles. The van der Waals surface area contributed by atoms with E-state index in [1.165, 1.54) is 4.90 Å². The number of piperidine rings is 1. The fourth-order valence-corrected chi connectivity index (χ4v) is 2.01. The second-order valence-electron chi connectivity index (χ2n) is 4.38. The van der Waals surface area contributed by atoms with Crippen LogP contribution in [0.5, 0.6) is 0 Å². The Labute approximate surface area is 97.9 Å². The molecule has 0 aliphatic carbocycles. The van der Waals surface area contributed by atoms with Crippen molar-refractivity contribution in [3.63, 3.8) is 0 Å². The van der Waals surface area contributed by atoms with E-state index >= 15 is 0 Å². The van der Waals surface area contributed by atoms with Gasteiger partial charge < -0.3 is 10.6 Å². The number of rotatable bonds is 2. The molecule has 0 aromatic heterocycles. The van der Waals surface area contributed by atoms with Crippen molar-refractivity contribution in [1.82, 2.24) is 4.90 Å². The van der Waals surface area contributed by atoms with Gasteiger partial charge in [0, 0.05) is 12.6 Å². The Morgan fingerprint density at radius 3 is 2.53 bits per heavy atom. The standard InChI is InChI=1S/C10H17F3N2O2/c1-6-5-8(17-10(11,12)13)3-4-15(6)9(16)7(2)14/h6-8H,3-5,14H2,1-2H3/t6-,7-,8-/m1/s1. The number of ether oxygens (including phenoxy) is 1. The maximum Gasteiger partial charge on any atom is 0.522 e. The van der Waals surface area contributed by atoms with Crippen LogP contribution in [0.2, 0.25) is 0 Å². The van der Waals surface area contributed by atoms with Gasteiger partial charge >= 0.3 is 6.36 Å². The van der Waals surface area contributed by atoms with E-state index in [0.29, 0.717) is 0 Å². The molecule has 4 nitrogen and oxygen atoms in total. The van der Waals surface area contributed by atoms with Crippen LogP contribution in [0, 0.1) is 0 Å². The Hall–Kier alpha value is -0.820. The number of hydrogen-bond acceptors (Lipinski definition) is 3. The van der Waals surface area contributed by atoms with Gasteiger partial charge in [-0.05, 0) is 26.7 Å². The Kier molecular flexibility index (Phi) is 4.37. The highest BCUT2D eigenvalue weighted by molar-refractivity contribution is 5.81. The van der Waals surface area contributed by atoms with Crippen LogP contribution in [0.3, 0.4) is 0 Å². The molecule has 17 heavy (non-hydrogen) atoms. The van der Waals surface area contributed by atoms with Gasteiger partial charge in [0.1, 0.15) is 0 Å². The molecular weight excluding hydrogens is 237 g/mol. The molecule has 3 atom stereocenters. The van der Waals surface area contributed by atoms with Crippen LogP contribution in [-0.2, 0) is 9.53 Å². The number of carbonyl (C=O) groups is 1.